The lowest BCUT2D eigenvalue weighted by Gasteiger charge is -2.27. The van der Waals surface area contributed by atoms with Crippen molar-refractivity contribution < 1.29 is 4.79 Å². The van der Waals surface area contributed by atoms with Crippen LogP contribution in [0.4, 0.5) is 0 Å². The van der Waals surface area contributed by atoms with Gasteiger partial charge in [0, 0.05) is 19.0 Å². The Morgan fingerprint density at radius 2 is 1.84 bits per heavy atom. The molecule has 104 valence electrons. The van der Waals surface area contributed by atoms with E-state index in [4.69, 9.17) is 12.2 Å². The van der Waals surface area contributed by atoms with Crippen LogP contribution < -0.4 is 5.32 Å². The van der Waals surface area contributed by atoms with E-state index in [1.807, 2.05) is 30.3 Å². The summed E-state index contributed by atoms with van der Waals surface area (Å²) in [5.74, 6) is 0.0295. The van der Waals surface area contributed by atoms with E-state index in [1.54, 1.807) is 11.8 Å². The van der Waals surface area contributed by atoms with Crippen LogP contribution in [0.5, 0.6) is 0 Å². The molecule has 0 aliphatic rings. The third-order valence-corrected chi connectivity index (χ3v) is 2.74. The Balaban J connectivity index is 2.64. The van der Waals surface area contributed by atoms with E-state index in [-0.39, 0.29) is 11.4 Å². The predicted octanol–water partition coefficient (Wildman–Crippen LogP) is 2.75. The third-order valence-electron chi connectivity index (χ3n) is 2.51. The van der Waals surface area contributed by atoms with E-state index in [2.05, 4.69) is 26.1 Å². The van der Waals surface area contributed by atoms with Gasteiger partial charge in [-0.05, 0) is 26.3 Å². The maximum atomic E-state index is 11.7. The normalized spacial score (nSPS) is 10.9. The largest absolute Gasteiger partial charge is 0.374 e. The second-order valence-corrected chi connectivity index (χ2v) is 6.15. The molecule has 1 aromatic rings. The molecule has 0 heterocycles. The summed E-state index contributed by atoms with van der Waals surface area (Å²) in [5, 5.41) is 3.23. The van der Waals surface area contributed by atoms with E-state index < -0.39 is 0 Å². The van der Waals surface area contributed by atoms with Crippen molar-refractivity contribution >= 4 is 23.1 Å². The van der Waals surface area contributed by atoms with Gasteiger partial charge in [-0.1, -0.05) is 42.5 Å². The van der Waals surface area contributed by atoms with Crippen molar-refractivity contribution in [3.8, 4) is 0 Å². The molecule has 3 nitrogen and oxygen atoms in total. The van der Waals surface area contributed by atoms with E-state index in [1.165, 1.54) is 0 Å². The van der Waals surface area contributed by atoms with Gasteiger partial charge in [0.05, 0.1) is 11.5 Å². The van der Waals surface area contributed by atoms with Gasteiger partial charge in [-0.25, -0.2) is 0 Å². The van der Waals surface area contributed by atoms with Crippen molar-refractivity contribution in [2.45, 2.75) is 39.8 Å². The van der Waals surface area contributed by atoms with Gasteiger partial charge in [-0.2, -0.15) is 0 Å². The van der Waals surface area contributed by atoms with Crippen molar-refractivity contribution in [1.29, 1.82) is 0 Å². The van der Waals surface area contributed by atoms with Gasteiger partial charge >= 0.3 is 0 Å². The smallest absolute Gasteiger partial charge is 0.220 e. The lowest BCUT2D eigenvalue weighted by molar-refractivity contribution is -0.128. The van der Waals surface area contributed by atoms with Crippen LogP contribution in [-0.2, 0) is 11.3 Å². The highest BCUT2D eigenvalue weighted by molar-refractivity contribution is 7.80. The van der Waals surface area contributed by atoms with E-state index in [0.717, 1.165) is 5.56 Å². The molecule has 1 amide bonds. The summed E-state index contributed by atoms with van der Waals surface area (Å²) < 4.78 is 0. The molecule has 1 N–H and O–H groups in total. The van der Waals surface area contributed by atoms with Crippen LogP contribution >= 0.6 is 12.2 Å². The van der Waals surface area contributed by atoms with Crippen LogP contribution in [0.25, 0.3) is 0 Å². The monoisotopic (exact) mass is 278 g/mol. The molecule has 0 spiro atoms. The lowest BCUT2D eigenvalue weighted by atomic mass is 10.1. The fourth-order valence-corrected chi connectivity index (χ4v) is 2.18. The Morgan fingerprint density at radius 3 is 2.32 bits per heavy atom. The zero-order valence-electron chi connectivity index (χ0n) is 12.1. The molecule has 0 aromatic heterocycles. The van der Waals surface area contributed by atoms with Crippen LogP contribution in [0.1, 0.15) is 33.3 Å². The molecular formula is C15H22N2OS. The predicted molar refractivity (Wildman–Crippen MR) is 83.0 cm³/mol. The average Bonchev–Trinajstić information content (AvgIpc) is 2.26. The Hall–Kier alpha value is -1.42. The number of nitrogens with zero attached hydrogens (tertiary/aromatic N) is 1. The van der Waals surface area contributed by atoms with Gasteiger partial charge in [0.25, 0.3) is 0 Å². The summed E-state index contributed by atoms with van der Waals surface area (Å²) in [6, 6.07) is 9.93. The van der Waals surface area contributed by atoms with Crippen LogP contribution in [-0.4, -0.2) is 27.9 Å². The highest BCUT2D eigenvalue weighted by Crippen LogP contribution is 2.06. The van der Waals surface area contributed by atoms with Crippen molar-refractivity contribution in [2.24, 2.45) is 0 Å². The number of nitrogens with one attached hydrogen (secondary N) is 1. The quantitative estimate of drug-likeness (QED) is 0.860. The van der Waals surface area contributed by atoms with Crippen molar-refractivity contribution in [2.75, 3.05) is 6.54 Å². The molecule has 0 saturated heterocycles. The Kier molecular flexibility index (Phi) is 5.48. The maximum absolute atomic E-state index is 11.7. The Morgan fingerprint density at radius 1 is 1.26 bits per heavy atom. The number of rotatable bonds is 4. The van der Waals surface area contributed by atoms with Gasteiger partial charge in [-0.15, -0.1) is 0 Å². The van der Waals surface area contributed by atoms with Gasteiger partial charge in [-0.3, -0.25) is 4.79 Å². The average molecular weight is 278 g/mol. The second-order valence-electron chi connectivity index (χ2n) is 5.66. The first-order valence-electron chi connectivity index (χ1n) is 6.38. The number of hydrogen-bond acceptors (Lipinski definition) is 2. The summed E-state index contributed by atoms with van der Waals surface area (Å²) >= 11 is 5.31. The van der Waals surface area contributed by atoms with Gasteiger partial charge in [0.1, 0.15) is 0 Å². The molecule has 0 atom stereocenters. The number of thiocarbonyl (C=S) groups is 1. The Bertz CT molecular complexity index is 437. The number of benzene rings is 1. The fourth-order valence-electron chi connectivity index (χ4n) is 1.71. The molecule has 0 radical (unpaired) electrons. The van der Waals surface area contributed by atoms with Gasteiger partial charge in [0.15, 0.2) is 0 Å². The first-order chi connectivity index (χ1) is 8.78. The minimum Gasteiger partial charge on any atom is -0.374 e. The SMILES string of the molecule is CC(=O)N(CC(=S)NC(C)(C)C)Cc1ccccc1. The first kappa shape index (κ1) is 15.6. The topological polar surface area (TPSA) is 32.3 Å². The molecule has 0 bridgehead atoms. The minimum atomic E-state index is -0.0771. The molecule has 0 fully saturated rings. The molecule has 19 heavy (non-hydrogen) atoms. The number of amides is 1. The molecule has 0 saturated carbocycles. The molecule has 0 aliphatic heterocycles. The number of hydrogen-bond donors (Lipinski definition) is 1. The standard InChI is InChI=1S/C15H22N2OS/c1-12(18)17(10-13-8-6-5-7-9-13)11-14(19)16-15(2,3)4/h5-9H,10-11H2,1-4H3,(H,16,19). The summed E-state index contributed by atoms with van der Waals surface area (Å²) in [7, 11) is 0. The van der Waals surface area contributed by atoms with Crippen LogP contribution in [0.15, 0.2) is 30.3 Å². The van der Waals surface area contributed by atoms with Gasteiger partial charge in [0.2, 0.25) is 5.91 Å². The minimum absolute atomic E-state index is 0.0295. The van der Waals surface area contributed by atoms with E-state index in [9.17, 15) is 4.79 Å². The summed E-state index contributed by atoms with van der Waals surface area (Å²) in [6.45, 7) is 8.76. The number of carbonyl (C=O) groups excluding carboxylic acids is 1. The highest BCUT2D eigenvalue weighted by Gasteiger charge is 2.16. The lowest BCUT2D eigenvalue weighted by Crippen LogP contribution is -2.45. The molecule has 1 rings (SSSR count). The van der Waals surface area contributed by atoms with Crippen LogP contribution in [0, 0.1) is 0 Å². The van der Waals surface area contributed by atoms with E-state index in [0.29, 0.717) is 18.1 Å². The zero-order chi connectivity index (χ0) is 14.5. The highest BCUT2D eigenvalue weighted by atomic mass is 32.1. The summed E-state index contributed by atoms with van der Waals surface area (Å²) in [4.78, 5) is 14.1. The molecule has 4 heteroatoms. The number of carbonyl (C=O) groups is 1. The van der Waals surface area contributed by atoms with Crippen molar-refractivity contribution in [3.05, 3.63) is 35.9 Å². The molecule has 0 unspecified atom stereocenters. The van der Waals surface area contributed by atoms with Crippen molar-refractivity contribution in [3.63, 3.8) is 0 Å². The molecular weight excluding hydrogens is 256 g/mol. The van der Waals surface area contributed by atoms with Crippen LogP contribution in [0.3, 0.4) is 0 Å². The zero-order valence-corrected chi connectivity index (χ0v) is 12.9. The maximum Gasteiger partial charge on any atom is 0.220 e. The fraction of sp³-hybridized carbons (Fsp3) is 0.467. The molecule has 1 aromatic carbocycles. The van der Waals surface area contributed by atoms with Crippen molar-refractivity contribution in [1.82, 2.24) is 10.2 Å². The Labute approximate surface area is 121 Å². The first-order valence-corrected chi connectivity index (χ1v) is 6.79. The van der Waals surface area contributed by atoms with Crippen LogP contribution in [0.2, 0.25) is 0 Å². The third kappa shape index (κ3) is 6.34. The van der Waals surface area contributed by atoms with Gasteiger partial charge < -0.3 is 10.2 Å². The summed E-state index contributed by atoms with van der Waals surface area (Å²) in [5.41, 5.74) is 1.03. The van der Waals surface area contributed by atoms with E-state index >= 15 is 0 Å². The summed E-state index contributed by atoms with van der Waals surface area (Å²) in [6.07, 6.45) is 0. The second kappa shape index (κ2) is 6.66. The molecule has 0 aliphatic carbocycles.